The van der Waals surface area contributed by atoms with Gasteiger partial charge in [0.2, 0.25) is 0 Å². The smallest absolute Gasteiger partial charge is 0.344 e. The molecular weight excluding hydrogens is 352 g/mol. The fourth-order valence-corrected chi connectivity index (χ4v) is 2.83. The number of ether oxygens (including phenoxy) is 2. The van der Waals surface area contributed by atoms with E-state index in [1.54, 1.807) is 18.2 Å². The van der Waals surface area contributed by atoms with Gasteiger partial charge in [-0.1, -0.05) is 75.4 Å². The molecule has 0 aliphatic rings. The molecule has 0 unspecified atom stereocenters. The second-order valence-electron chi connectivity index (χ2n) is 7.71. The van der Waals surface area contributed by atoms with Crippen LogP contribution in [0.5, 0.6) is 5.75 Å². The zero-order valence-electron chi connectivity index (χ0n) is 16.4. The highest BCUT2D eigenvalue weighted by Gasteiger charge is 2.15. The quantitative estimate of drug-likeness (QED) is 0.452. The van der Waals surface area contributed by atoms with Crippen molar-refractivity contribution in [2.24, 2.45) is 0 Å². The summed E-state index contributed by atoms with van der Waals surface area (Å²) < 4.78 is 10.5. The molecule has 0 atom stereocenters. The van der Waals surface area contributed by atoms with E-state index < -0.39 is 5.97 Å². The molecule has 28 heavy (non-hydrogen) atoms. The summed E-state index contributed by atoms with van der Waals surface area (Å²) >= 11 is 0. The highest BCUT2D eigenvalue weighted by molar-refractivity contribution is 5.98. The number of rotatable bonds is 6. The fourth-order valence-electron chi connectivity index (χ4n) is 2.83. The molecule has 0 aliphatic carbocycles. The van der Waals surface area contributed by atoms with Gasteiger partial charge in [-0.15, -0.1) is 0 Å². The molecule has 0 radical (unpaired) electrons. The van der Waals surface area contributed by atoms with Gasteiger partial charge in [-0.2, -0.15) is 0 Å². The third kappa shape index (κ3) is 4.97. The molecule has 144 valence electrons. The van der Waals surface area contributed by atoms with Crippen molar-refractivity contribution in [3.8, 4) is 5.75 Å². The summed E-state index contributed by atoms with van der Waals surface area (Å²) in [6.07, 6.45) is 0. The van der Waals surface area contributed by atoms with E-state index in [4.69, 9.17) is 9.47 Å². The Kier molecular flexibility index (Phi) is 5.78. The van der Waals surface area contributed by atoms with Crippen LogP contribution < -0.4 is 4.74 Å². The largest absolute Gasteiger partial charge is 0.482 e. The molecule has 0 spiro atoms. The summed E-state index contributed by atoms with van der Waals surface area (Å²) in [5.74, 6) is -0.230. The van der Waals surface area contributed by atoms with Crippen molar-refractivity contribution in [3.05, 3.63) is 77.9 Å². The van der Waals surface area contributed by atoms with E-state index in [2.05, 4.69) is 20.8 Å². The normalized spacial score (nSPS) is 11.2. The Morgan fingerprint density at radius 1 is 0.821 bits per heavy atom. The summed E-state index contributed by atoms with van der Waals surface area (Å²) in [4.78, 5) is 24.1. The molecule has 0 N–H and O–H groups in total. The predicted octanol–water partition coefficient (Wildman–Crippen LogP) is 4.94. The van der Waals surface area contributed by atoms with E-state index in [-0.39, 0.29) is 24.4 Å². The van der Waals surface area contributed by atoms with E-state index in [1.165, 1.54) is 0 Å². The van der Waals surface area contributed by atoms with Gasteiger partial charge in [-0.3, -0.25) is 4.79 Å². The Bertz CT molecular complexity index is 981. The third-order valence-corrected chi connectivity index (χ3v) is 4.51. The van der Waals surface area contributed by atoms with Crippen LogP contribution in [0, 0.1) is 0 Å². The van der Waals surface area contributed by atoms with E-state index >= 15 is 0 Å². The first-order valence-electron chi connectivity index (χ1n) is 9.24. The predicted molar refractivity (Wildman–Crippen MR) is 110 cm³/mol. The van der Waals surface area contributed by atoms with Gasteiger partial charge in [0.15, 0.2) is 19.0 Å². The molecule has 3 aromatic carbocycles. The average molecular weight is 376 g/mol. The van der Waals surface area contributed by atoms with Gasteiger partial charge in [0.1, 0.15) is 5.75 Å². The lowest BCUT2D eigenvalue weighted by Gasteiger charge is -2.18. The molecule has 3 aromatic rings. The summed E-state index contributed by atoms with van der Waals surface area (Å²) in [5, 5.41) is 2.13. The fraction of sp³-hybridized carbons (Fsp3) is 0.250. The molecule has 4 heteroatoms. The van der Waals surface area contributed by atoms with Gasteiger partial charge >= 0.3 is 5.97 Å². The first-order valence-corrected chi connectivity index (χ1v) is 9.24. The highest BCUT2D eigenvalue weighted by atomic mass is 16.6. The Labute approximate surface area is 165 Å². The number of carbonyl (C=O) groups is 2. The van der Waals surface area contributed by atoms with Crippen molar-refractivity contribution >= 4 is 22.5 Å². The van der Waals surface area contributed by atoms with Gasteiger partial charge in [-0.25, -0.2) is 4.79 Å². The Morgan fingerprint density at radius 3 is 2.18 bits per heavy atom. The van der Waals surface area contributed by atoms with Crippen molar-refractivity contribution in [1.29, 1.82) is 0 Å². The molecule has 0 fully saturated rings. The molecule has 0 aliphatic heterocycles. The Morgan fingerprint density at radius 2 is 1.50 bits per heavy atom. The van der Waals surface area contributed by atoms with Crippen molar-refractivity contribution in [2.45, 2.75) is 26.2 Å². The van der Waals surface area contributed by atoms with Crippen LogP contribution in [-0.2, 0) is 14.9 Å². The summed E-state index contributed by atoms with van der Waals surface area (Å²) in [5.41, 5.74) is 1.69. The molecular formula is C24H24O4. The third-order valence-electron chi connectivity index (χ3n) is 4.51. The molecule has 0 bridgehead atoms. The number of fused-ring (bicyclic) bond motifs is 1. The SMILES string of the molecule is CC(C)(C)c1ccc(C(=O)COC(=O)COc2ccc3ccccc3c2)cc1. The lowest BCUT2D eigenvalue weighted by molar-refractivity contribution is -0.144. The van der Waals surface area contributed by atoms with E-state index in [0.29, 0.717) is 11.3 Å². The van der Waals surface area contributed by atoms with Crippen LogP contribution in [0.1, 0.15) is 36.7 Å². The van der Waals surface area contributed by atoms with Crippen molar-refractivity contribution in [3.63, 3.8) is 0 Å². The van der Waals surface area contributed by atoms with Crippen LogP contribution in [0.15, 0.2) is 66.7 Å². The molecule has 4 nitrogen and oxygen atoms in total. The lowest BCUT2D eigenvalue weighted by Crippen LogP contribution is -2.19. The first-order chi connectivity index (χ1) is 13.3. The topological polar surface area (TPSA) is 52.6 Å². The summed E-state index contributed by atoms with van der Waals surface area (Å²) in [6.45, 7) is 5.80. The van der Waals surface area contributed by atoms with Crippen molar-refractivity contribution in [2.75, 3.05) is 13.2 Å². The monoisotopic (exact) mass is 376 g/mol. The molecule has 0 saturated heterocycles. The zero-order chi connectivity index (χ0) is 20.1. The average Bonchev–Trinajstić information content (AvgIpc) is 2.69. The maximum Gasteiger partial charge on any atom is 0.344 e. The van der Waals surface area contributed by atoms with Crippen LogP contribution in [0.25, 0.3) is 10.8 Å². The molecule has 0 heterocycles. The van der Waals surface area contributed by atoms with E-state index in [0.717, 1.165) is 16.3 Å². The van der Waals surface area contributed by atoms with Crippen molar-refractivity contribution < 1.29 is 19.1 Å². The second kappa shape index (κ2) is 8.26. The van der Waals surface area contributed by atoms with Gasteiger partial charge in [0, 0.05) is 5.56 Å². The Hall–Kier alpha value is -3.14. The van der Waals surface area contributed by atoms with Crippen LogP contribution >= 0.6 is 0 Å². The van der Waals surface area contributed by atoms with Gasteiger partial charge < -0.3 is 9.47 Å². The van der Waals surface area contributed by atoms with E-state index in [9.17, 15) is 9.59 Å². The molecule has 0 saturated carbocycles. The summed E-state index contributed by atoms with van der Waals surface area (Å²) in [7, 11) is 0. The number of ketones is 1. The number of carbonyl (C=O) groups excluding carboxylic acids is 2. The van der Waals surface area contributed by atoms with Gasteiger partial charge in [0.05, 0.1) is 0 Å². The number of hydrogen-bond acceptors (Lipinski definition) is 4. The van der Waals surface area contributed by atoms with Crippen LogP contribution in [0.3, 0.4) is 0 Å². The minimum absolute atomic E-state index is 0.0220. The molecule has 0 amide bonds. The second-order valence-corrected chi connectivity index (χ2v) is 7.71. The van der Waals surface area contributed by atoms with Crippen molar-refractivity contribution in [1.82, 2.24) is 0 Å². The number of benzene rings is 3. The van der Waals surface area contributed by atoms with E-state index in [1.807, 2.05) is 48.5 Å². The highest BCUT2D eigenvalue weighted by Crippen LogP contribution is 2.22. The minimum atomic E-state index is -0.576. The lowest BCUT2D eigenvalue weighted by atomic mass is 9.86. The maximum absolute atomic E-state index is 12.2. The molecule has 3 rings (SSSR count). The number of esters is 1. The zero-order valence-corrected chi connectivity index (χ0v) is 16.4. The van der Waals surface area contributed by atoms with Crippen LogP contribution in [0.2, 0.25) is 0 Å². The first kappa shape index (κ1) is 19.6. The van der Waals surface area contributed by atoms with Crippen LogP contribution in [0.4, 0.5) is 0 Å². The molecule has 0 aromatic heterocycles. The van der Waals surface area contributed by atoms with Crippen LogP contribution in [-0.4, -0.2) is 25.0 Å². The summed E-state index contributed by atoms with van der Waals surface area (Å²) in [6, 6.07) is 20.9. The van der Waals surface area contributed by atoms with Gasteiger partial charge in [0.25, 0.3) is 0 Å². The number of Topliss-reactive ketones (excluding diaryl/α,β-unsaturated/α-hetero) is 1. The minimum Gasteiger partial charge on any atom is -0.482 e. The van der Waals surface area contributed by atoms with Gasteiger partial charge in [-0.05, 0) is 33.9 Å². The number of hydrogen-bond donors (Lipinski definition) is 0. The standard InChI is InChI=1S/C24H24O4/c1-24(2,3)20-11-8-18(9-12-20)22(25)15-28-23(26)16-27-21-13-10-17-6-4-5-7-19(17)14-21/h4-14H,15-16H2,1-3H3. The Balaban J connectivity index is 1.50. The maximum atomic E-state index is 12.2.